The number of nitro benzene ring substituents is 1. The Bertz CT molecular complexity index is 421. The zero-order valence-corrected chi connectivity index (χ0v) is 11.1. The van der Waals surface area contributed by atoms with E-state index in [2.05, 4.69) is 5.32 Å². The Labute approximate surface area is 107 Å². The molecule has 1 atom stereocenters. The minimum Gasteiger partial charge on any atom is -0.490 e. The molecular weight excluding hydrogens is 234 g/mol. The van der Waals surface area contributed by atoms with Crippen LogP contribution in [-0.4, -0.2) is 43.6 Å². The van der Waals surface area contributed by atoms with Gasteiger partial charge in [0, 0.05) is 12.6 Å². The van der Waals surface area contributed by atoms with Crippen LogP contribution in [0.3, 0.4) is 0 Å². The Morgan fingerprint density at radius 3 is 2.67 bits per heavy atom. The van der Waals surface area contributed by atoms with E-state index in [1.807, 2.05) is 25.9 Å². The van der Waals surface area contributed by atoms with Crippen LogP contribution in [0.2, 0.25) is 0 Å². The number of benzene rings is 1. The number of para-hydroxylation sites is 1. The average Bonchev–Trinajstić information content (AvgIpc) is 2.26. The number of nitrogens with one attached hydrogen (secondary N) is 1. The number of hydrogen-bond donors (Lipinski definition) is 1. The molecule has 0 bridgehead atoms. The maximum Gasteiger partial charge on any atom is 0.333 e. The first-order chi connectivity index (χ1) is 8.45. The van der Waals surface area contributed by atoms with Crippen molar-refractivity contribution in [3.8, 4) is 5.75 Å². The molecule has 0 saturated heterocycles. The van der Waals surface area contributed by atoms with E-state index in [0.29, 0.717) is 5.69 Å². The van der Waals surface area contributed by atoms with E-state index in [-0.39, 0.29) is 17.5 Å². The fourth-order valence-corrected chi connectivity index (χ4v) is 1.85. The van der Waals surface area contributed by atoms with Crippen molar-refractivity contribution in [2.75, 3.05) is 33.1 Å². The molecule has 18 heavy (non-hydrogen) atoms. The smallest absolute Gasteiger partial charge is 0.333 e. The van der Waals surface area contributed by atoms with Crippen molar-refractivity contribution in [1.82, 2.24) is 4.90 Å². The molecule has 1 aromatic rings. The molecule has 0 radical (unpaired) electrons. The van der Waals surface area contributed by atoms with Gasteiger partial charge in [0.25, 0.3) is 0 Å². The fraction of sp³-hybridized carbons (Fsp3) is 0.500. The lowest BCUT2D eigenvalue weighted by atomic mass is 10.2. The Morgan fingerprint density at radius 1 is 1.50 bits per heavy atom. The predicted octanol–water partition coefficient (Wildman–Crippen LogP) is 1.97. The van der Waals surface area contributed by atoms with Crippen molar-refractivity contribution in [3.05, 3.63) is 28.3 Å². The van der Waals surface area contributed by atoms with E-state index in [9.17, 15) is 10.1 Å². The average molecular weight is 253 g/mol. The summed E-state index contributed by atoms with van der Waals surface area (Å²) in [5, 5.41) is 14.2. The number of methoxy groups -OCH3 is 1. The highest BCUT2D eigenvalue weighted by atomic mass is 16.6. The van der Waals surface area contributed by atoms with Crippen molar-refractivity contribution < 1.29 is 9.66 Å². The summed E-state index contributed by atoms with van der Waals surface area (Å²) in [6.45, 7) is 2.76. The van der Waals surface area contributed by atoms with Crippen molar-refractivity contribution in [2.24, 2.45) is 0 Å². The van der Waals surface area contributed by atoms with Crippen molar-refractivity contribution in [3.63, 3.8) is 0 Å². The number of nitrogens with zero attached hydrogens (tertiary/aromatic N) is 2. The molecular formula is C12H19N3O3. The van der Waals surface area contributed by atoms with Gasteiger partial charge in [-0.1, -0.05) is 6.07 Å². The van der Waals surface area contributed by atoms with Gasteiger partial charge in [0.15, 0.2) is 5.75 Å². The molecule has 1 N–H and O–H groups in total. The lowest BCUT2D eigenvalue weighted by molar-refractivity contribution is -0.384. The van der Waals surface area contributed by atoms with Crippen LogP contribution in [0, 0.1) is 10.1 Å². The quantitative estimate of drug-likeness (QED) is 0.620. The first kappa shape index (κ1) is 14.2. The molecule has 100 valence electrons. The maximum absolute atomic E-state index is 11.1. The Kier molecular flexibility index (Phi) is 4.91. The highest BCUT2D eigenvalue weighted by Crippen LogP contribution is 2.34. The molecule has 0 aliphatic carbocycles. The molecule has 0 aromatic heterocycles. The van der Waals surface area contributed by atoms with Crippen molar-refractivity contribution >= 4 is 11.4 Å². The summed E-state index contributed by atoms with van der Waals surface area (Å²) < 4.78 is 5.02. The molecule has 0 spiro atoms. The van der Waals surface area contributed by atoms with Crippen molar-refractivity contribution in [2.45, 2.75) is 13.0 Å². The maximum atomic E-state index is 11.1. The van der Waals surface area contributed by atoms with Gasteiger partial charge >= 0.3 is 5.69 Å². The topological polar surface area (TPSA) is 67.6 Å². The summed E-state index contributed by atoms with van der Waals surface area (Å²) in [7, 11) is 5.34. The summed E-state index contributed by atoms with van der Waals surface area (Å²) in [4.78, 5) is 12.7. The van der Waals surface area contributed by atoms with E-state index in [1.54, 1.807) is 18.2 Å². The summed E-state index contributed by atoms with van der Waals surface area (Å²) in [6, 6.07) is 5.11. The van der Waals surface area contributed by atoms with E-state index in [0.717, 1.165) is 6.54 Å². The van der Waals surface area contributed by atoms with Crippen LogP contribution in [0.5, 0.6) is 5.75 Å². The standard InChI is InChI=1S/C12H19N3O3/c1-9(8-14(2)3)13-10-6-5-7-11(18-4)12(10)15(16)17/h5-7,9,13H,8H2,1-4H3. The second-order valence-corrected chi connectivity index (χ2v) is 4.42. The predicted molar refractivity (Wildman–Crippen MR) is 71.3 cm³/mol. The number of anilines is 1. The molecule has 0 aliphatic heterocycles. The molecule has 1 aromatic carbocycles. The van der Waals surface area contributed by atoms with Gasteiger partial charge in [-0.2, -0.15) is 0 Å². The molecule has 6 nitrogen and oxygen atoms in total. The van der Waals surface area contributed by atoms with Gasteiger partial charge in [0.2, 0.25) is 0 Å². The third-order valence-corrected chi connectivity index (χ3v) is 2.44. The van der Waals surface area contributed by atoms with Crippen LogP contribution in [0.4, 0.5) is 11.4 Å². The normalized spacial score (nSPS) is 12.3. The van der Waals surface area contributed by atoms with E-state index in [1.165, 1.54) is 7.11 Å². The number of hydrogen-bond acceptors (Lipinski definition) is 5. The second-order valence-electron chi connectivity index (χ2n) is 4.42. The first-order valence-electron chi connectivity index (χ1n) is 5.68. The molecule has 1 rings (SSSR count). The van der Waals surface area contributed by atoms with Crippen LogP contribution in [0.1, 0.15) is 6.92 Å². The lowest BCUT2D eigenvalue weighted by Crippen LogP contribution is -2.29. The van der Waals surface area contributed by atoms with Gasteiger partial charge in [-0.25, -0.2) is 0 Å². The number of nitro groups is 1. The zero-order valence-electron chi connectivity index (χ0n) is 11.1. The van der Waals surface area contributed by atoms with Gasteiger partial charge in [0.05, 0.1) is 12.0 Å². The van der Waals surface area contributed by atoms with E-state index < -0.39 is 4.92 Å². The first-order valence-corrected chi connectivity index (χ1v) is 5.68. The van der Waals surface area contributed by atoms with Crippen LogP contribution in [0.15, 0.2) is 18.2 Å². The largest absolute Gasteiger partial charge is 0.490 e. The van der Waals surface area contributed by atoms with Gasteiger partial charge in [-0.05, 0) is 33.2 Å². The molecule has 0 amide bonds. The second kappa shape index (κ2) is 6.20. The van der Waals surface area contributed by atoms with Gasteiger partial charge in [-0.3, -0.25) is 10.1 Å². The zero-order chi connectivity index (χ0) is 13.7. The number of ether oxygens (including phenoxy) is 1. The molecule has 6 heteroatoms. The Hall–Kier alpha value is -1.82. The molecule has 0 saturated carbocycles. The van der Waals surface area contributed by atoms with Crippen LogP contribution >= 0.6 is 0 Å². The van der Waals surface area contributed by atoms with E-state index in [4.69, 9.17) is 4.74 Å². The highest BCUT2D eigenvalue weighted by Gasteiger charge is 2.21. The molecule has 0 aliphatic rings. The minimum atomic E-state index is -0.427. The fourth-order valence-electron chi connectivity index (χ4n) is 1.85. The highest BCUT2D eigenvalue weighted by molar-refractivity contribution is 5.68. The monoisotopic (exact) mass is 253 g/mol. The third-order valence-electron chi connectivity index (χ3n) is 2.44. The number of rotatable bonds is 6. The van der Waals surface area contributed by atoms with Crippen LogP contribution in [0.25, 0.3) is 0 Å². The summed E-state index contributed by atoms with van der Waals surface area (Å²) in [5.74, 6) is 0.266. The summed E-state index contributed by atoms with van der Waals surface area (Å²) in [5.41, 5.74) is 0.458. The number of likely N-dealkylation sites (N-methyl/N-ethyl adjacent to an activating group) is 1. The van der Waals surface area contributed by atoms with Gasteiger partial charge in [-0.15, -0.1) is 0 Å². The van der Waals surface area contributed by atoms with Gasteiger partial charge < -0.3 is 15.0 Å². The Balaban J connectivity index is 2.98. The summed E-state index contributed by atoms with van der Waals surface area (Å²) >= 11 is 0. The molecule has 1 unspecified atom stereocenters. The summed E-state index contributed by atoms with van der Waals surface area (Å²) in [6.07, 6.45) is 0. The molecule has 0 fully saturated rings. The Morgan fingerprint density at radius 2 is 2.17 bits per heavy atom. The third kappa shape index (κ3) is 3.59. The van der Waals surface area contributed by atoms with E-state index >= 15 is 0 Å². The minimum absolute atomic E-state index is 0.0226. The molecule has 0 heterocycles. The van der Waals surface area contributed by atoms with Crippen LogP contribution in [-0.2, 0) is 0 Å². The SMILES string of the molecule is COc1cccc(NC(C)CN(C)C)c1[N+](=O)[O-]. The van der Waals surface area contributed by atoms with Crippen LogP contribution < -0.4 is 10.1 Å². The van der Waals surface area contributed by atoms with Gasteiger partial charge in [0.1, 0.15) is 5.69 Å². The lowest BCUT2D eigenvalue weighted by Gasteiger charge is -2.19. The van der Waals surface area contributed by atoms with Crippen molar-refractivity contribution in [1.29, 1.82) is 0 Å².